The van der Waals surface area contributed by atoms with E-state index in [1.807, 2.05) is 6.92 Å². The number of nitrogens with one attached hydrogen (secondary N) is 1. The highest BCUT2D eigenvalue weighted by molar-refractivity contribution is 7.92. The summed E-state index contributed by atoms with van der Waals surface area (Å²) in [6.45, 7) is 2.34. The summed E-state index contributed by atoms with van der Waals surface area (Å²) in [5.41, 5.74) is 0. The van der Waals surface area contributed by atoms with Gasteiger partial charge in [0.25, 0.3) is 0 Å². The maximum Gasteiger partial charge on any atom is 0.240 e. The third-order valence-corrected chi connectivity index (χ3v) is 6.30. The molecule has 0 unspecified atom stereocenters. The Morgan fingerprint density at radius 3 is 2.45 bits per heavy atom. The zero-order chi connectivity index (χ0) is 14.8. The zero-order valence-corrected chi connectivity index (χ0v) is 12.7. The molecule has 2 rings (SSSR count). The molecule has 1 heterocycles. The minimum absolute atomic E-state index is 0.0312. The molecular formula is C12H17NO5S2. The topological polar surface area (TPSA) is 89.5 Å². The van der Waals surface area contributed by atoms with Crippen molar-refractivity contribution in [2.24, 2.45) is 0 Å². The first-order chi connectivity index (χ1) is 9.32. The van der Waals surface area contributed by atoms with Crippen molar-refractivity contribution >= 4 is 19.9 Å². The Morgan fingerprint density at radius 1 is 1.30 bits per heavy atom. The molecule has 8 heteroatoms. The van der Waals surface area contributed by atoms with E-state index in [1.165, 1.54) is 12.1 Å². The summed E-state index contributed by atoms with van der Waals surface area (Å²) in [6.07, 6.45) is 0.318. The second-order valence-electron chi connectivity index (χ2n) is 4.63. The van der Waals surface area contributed by atoms with Crippen LogP contribution in [0.25, 0.3) is 0 Å². The third-order valence-electron chi connectivity index (χ3n) is 3.00. The van der Waals surface area contributed by atoms with Crippen molar-refractivity contribution in [2.75, 3.05) is 18.1 Å². The second kappa shape index (κ2) is 5.71. The van der Waals surface area contributed by atoms with Gasteiger partial charge in [0, 0.05) is 6.04 Å². The molecule has 1 N–H and O–H groups in total. The Kier molecular flexibility index (Phi) is 4.36. The summed E-state index contributed by atoms with van der Waals surface area (Å²) >= 11 is 0. The lowest BCUT2D eigenvalue weighted by atomic mass is 10.3. The van der Waals surface area contributed by atoms with Gasteiger partial charge in [-0.25, -0.2) is 21.6 Å². The van der Waals surface area contributed by atoms with Crippen molar-refractivity contribution in [2.45, 2.75) is 24.3 Å². The van der Waals surface area contributed by atoms with Crippen molar-refractivity contribution in [1.82, 2.24) is 4.72 Å². The first-order valence-electron chi connectivity index (χ1n) is 6.28. The Bertz CT molecular complexity index is 664. The van der Waals surface area contributed by atoms with E-state index < -0.39 is 25.9 Å². The van der Waals surface area contributed by atoms with E-state index >= 15 is 0 Å². The predicted molar refractivity (Wildman–Crippen MR) is 75.0 cm³/mol. The lowest BCUT2D eigenvalue weighted by molar-refractivity contribution is 0.340. The molecule has 0 aromatic heterocycles. The number of hydrogen-bond acceptors (Lipinski definition) is 5. The number of ether oxygens (including phenoxy) is 1. The van der Waals surface area contributed by atoms with Crippen LogP contribution in [-0.2, 0) is 19.9 Å². The molecule has 0 saturated carbocycles. The van der Waals surface area contributed by atoms with Crippen LogP contribution in [0, 0.1) is 0 Å². The van der Waals surface area contributed by atoms with Crippen molar-refractivity contribution in [3.05, 3.63) is 24.3 Å². The van der Waals surface area contributed by atoms with Gasteiger partial charge in [-0.2, -0.15) is 0 Å². The first-order valence-corrected chi connectivity index (χ1v) is 9.58. The summed E-state index contributed by atoms with van der Waals surface area (Å²) in [6, 6.07) is 5.48. The molecule has 1 saturated heterocycles. The Hall–Kier alpha value is -1.12. The molecule has 0 radical (unpaired) electrons. The normalized spacial score (nSPS) is 21.8. The van der Waals surface area contributed by atoms with Gasteiger partial charge in [-0.05, 0) is 37.6 Å². The van der Waals surface area contributed by atoms with Crippen LogP contribution in [0.15, 0.2) is 29.2 Å². The summed E-state index contributed by atoms with van der Waals surface area (Å²) in [5, 5.41) is 0. The molecule has 6 nitrogen and oxygen atoms in total. The fourth-order valence-corrected chi connectivity index (χ4v) is 5.11. The van der Waals surface area contributed by atoms with Crippen molar-refractivity contribution in [3.63, 3.8) is 0 Å². The second-order valence-corrected chi connectivity index (χ2v) is 8.57. The number of benzene rings is 1. The zero-order valence-electron chi connectivity index (χ0n) is 11.1. The highest BCUT2D eigenvalue weighted by Gasteiger charge is 2.31. The molecule has 0 amide bonds. The predicted octanol–water partition coefficient (Wildman–Crippen LogP) is 0.551. The lowest BCUT2D eigenvalue weighted by Crippen LogP contribution is -2.35. The molecule has 0 aliphatic carbocycles. The van der Waals surface area contributed by atoms with Crippen LogP contribution in [0.1, 0.15) is 13.3 Å². The van der Waals surface area contributed by atoms with Crippen molar-refractivity contribution in [1.29, 1.82) is 0 Å². The molecule has 0 bridgehead atoms. The average Bonchev–Trinajstić information content (AvgIpc) is 2.69. The summed E-state index contributed by atoms with van der Waals surface area (Å²) in [5.74, 6) is 0.488. The molecular weight excluding hydrogens is 302 g/mol. The van der Waals surface area contributed by atoms with E-state index in [0.717, 1.165) is 0 Å². The monoisotopic (exact) mass is 319 g/mol. The number of sulfone groups is 1. The van der Waals surface area contributed by atoms with Gasteiger partial charge in [0.1, 0.15) is 5.75 Å². The van der Waals surface area contributed by atoms with Crippen LogP contribution in [0.5, 0.6) is 5.75 Å². The van der Waals surface area contributed by atoms with Gasteiger partial charge in [-0.3, -0.25) is 0 Å². The van der Waals surface area contributed by atoms with Gasteiger partial charge < -0.3 is 4.74 Å². The number of rotatable bonds is 5. The minimum Gasteiger partial charge on any atom is -0.494 e. The van der Waals surface area contributed by atoms with Gasteiger partial charge in [0.15, 0.2) is 9.84 Å². The molecule has 1 fully saturated rings. The molecule has 1 aliphatic rings. The maximum absolute atomic E-state index is 12.1. The van der Waals surface area contributed by atoms with E-state index in [4.69, 9.17) is 4.74 Å². The Labute approximate surface area is 119 Å². The fourth-order valence-electron chi connectivity index (χ4n) is 2.06. The van der Waals surface area contributed by atoms with Gasteiger partial charge in [-0.1, -0.05) is 0 Å². The number of hydrogen-bond donors (Lipinski definition) is 1. The van der Waals surface area contributed by atoms with Crippen LogP contribution < -0.4 is 9.46 Å². The quantitative estimate of drug-likeness (QED) is 0.856. The maximum atomic E-state index is 12.1. The molecule has 1 aromatic carbocycles. The minimum atomic E-state index is -3.70. The van der Waals surface area contributed by atoms with Gasteiger partial charge >= 0.3 is 0 Å². The van der Waals surface area contributed by atoms with E-state index in [9.17, 15) is 16.8 Å². The van der Waals surface area contributed by atoms with Gasteiger partial charge in [0.05, 0.1) is 23.0 Å². The van der Waals surface area contributed by atoms with E-state index in [2.05, 4.69) is 4.72 Å². The molecule has 0 spiro atoms. The van der Waals surface area contributed by atoms with Crippen LogP contribution in [-0.4, -0.2) is 41.0 Å². The number of sulfonamides is 1. The molecule has 112 valence electrons. The van der Waals surface area contributed by atoms with E-state index in [0.29, 0.717) is 18.8 Å². The van der Waals surface area contributed by atoms with Gasteiger partial charge in [0.2, 0.25) is 10.0 Å². The third kappa shape index (κ3) is 3.71. The van der Waals surface area contributed by atoms with E-state index in [-0.39, 0.29) is 16.4 Å². The Morgan fingerprint density at radius 2 is 1.95 bits per heavy atom. The summed E-state index contributed by atoms with van der Waals surface area (Å²) in [7, 11) is -6.81. The molecule has 1 atom stereocenters. The SMILES string of the molecule is CCOc1ccc(S(=O)(=O)N[C@H]2CCS(=O)(=O)C2)cc1. The molecule has 20 heavy (non-hydrogen) atoms. The largest absolute Gasteiger partial charge is 0.494 e. The fraction of sp³-hybridized carbons (Fsp3) is 0.500. The summed E-state index contributed by atoms with van der Waals surface area (Å²) < 4.78 is 54.6. The van der Waals surface area contributed by atoms with Crippen LogP contribution in [0.2, 0.25) is 0 Å². The summed E-state index contributed by atoms with van der Waals surface area (Å²) in [4.78, 5) is 0.102. The standard InChI is InChI=1S/C12H17NO5S2/c1-2-18-11-3-5-12(6-4-11)20(16,17)13-10-7-8-19(14,15)9-10/h3-6,10,13H,2,7-9H2,1H3/t10-/m0/s1. The molecule has 1 aromatic rings. The Balaban J connectivity index is 2.10. The van der Waals surface area contributed by atoms with Crippen LogP contribution in [0.3, 0.4) is 0 Å². The average molecular weight is 319 g/mol. The molecule has 1 aliphatic heterocycles. The highest BCUT2D eigenvalue weighted by Crippen LogP contribution is 2.18. The van der Waals surface area contributed by atoms with E-state index in [1.54, 1.807) is 12.1 Å². The highest BCUT2D eigenvalue weighted by atomic mass is 32.2. The van der Waals surface area contributed by atoms with Crippen molar-refractivity contribution < 1.29 is 21.6 Å². The smallest absolute Gasteiger partial charge is 0.240 e. The van der Waals surface area contributed by atoms with Crippen LogP contribution in [0.4, 0.5) is 0 Å². The van der Waals surface area contributed by atoms with Crippen LogP contribution >= 0.6 is 0 Å². The van der Waals surface area contributed by atoms with Gasteiger partial charge in [-0.15, -0.1) is 0 Å². The lowest BCUT2D eigenvalue weighted by Gasteiger charge is -2.12. The van der Waals surface area contributed by atoms with Crippen molar-refractivity contribution in [3.8, 4) is 5.75 Å². The first kappa shape index (κ1) is 15.3.